The third-order valence-corrected chi connectivity index (χ3v) is 6.71. The lowest BCUT2D eigenvalue weighted by molar-refractivity contribution is -0.140. The van der Waals surface area contributed by atoms with E-state index in [-0.39, 0.29) is 18.1 Å². The first-order chi connectivity index (χ1) is 15.0. The van der Waals surface area contributed by atoms with E-state index in [0.717, 1.165) is 22.2 Å². The van der Waals surface area contributed by atoms with Gasteiger partial charge in [-0.1, -0.05) is 6.07 Å². The topological polar surface area (TPSA) is 72.3 Å². The molecule has 0 bridgehead atoms. The van der Waals surface area contributed by atoms with Crippen LogP contribution in [0.2, 0.25) is 0 Å². The fourth-order valence-electron chi connectivity index (χ4n) is 4.19. The summed E-state index contributed by atoms with van der Waals surface area (Å²) in [7, 11) is 1.41. The number of aromatic nitrogens is 3. The van der Waals surface area contributed by atoms with E-state index in [0.29, 0.717) is 24.5 Å². The number of nitrogens with zero attached hydrogens (tertiary/aromatic N) is 4. The van der Waals surface area contributed by atoms with Crippen molar-refractivity contribution in [2.45, 2.75) is 38.8 Å². The van der Waals surface area contributed by atoms with Crippen LogP contribution in [0.15, 0.2) is 42.0 Å². The molecule has 162 valence electrons. The van der Waals surface area contributed by atoms with E-state index >= 15 is 0 Å². The van der Waals surface area contributed by atoms with E-state index in [1.165, 1.54) is 12.7 Å². The molecule has 1 aliphatic heterocycles. The van der Waals surface area contributed by atoms with Gasteiger partial charge in [-0.05, 0) is 56.2 Å². The second-order valence-electron chi connectivity index (χ2n) is 7.48. The summed E-state index contributed by atoms with van der Waals surface area (Å²) in [5, 5.41) is 7.07. The van der Waals surface area contributed by atoms with Gasteiger partial charge in [0.25, 0.3) is 0 Å². The quantitative estimate of drug-likeness (QED) is 0.428. The first-order valence-corrected chi connectivity index (χ1v) is 11.4. The van der Waals surface area contributed by atoms with Crippen LogP contribution in [0.3, 0.4) is 0 Å². The molecule has 1 N–H and O–H groups in total. The Hall–Kier alpha value is -2.78. The molecular weight excluding hydrogens is 430 g/mol. The average Bonchev–Trinajstić information content (AvgIpc) is 3.47. The molecule has 0 saturated carbocycles. The number of pyridine rings is 1. The molecule has 9 heteroatoms. The van der Waals surface area contributed by atoms with Gasteiger partial charge >= 0.3 is 5.97 Å². The molecule has 4 rings (SSSR count). The standard InChI is InChI=1S/C22H25N5O2S2/c1-14-13-16(15(2)27(14)22-24-10-12-31-22)20-19(17-7-4-5-9-23-17)25-21(30)26(20)11-6-8-18(28)29-3/h4-5,7,9-10,12-13,19-20H,6,8,11H2,1-3H3,(H,25,30)/t19-,20+/m1/s1. The molecule has 1 aliphatic rings. The van der Waals surface area contributed by atoms with Crippen molar-refractivity contribution in [3.05, 3.63) is 64.7 Å². The Labute approximate surface area is 191 Å². The Morgan fingerprint density at radius 1 is 1.29 bits per heavy atom. The Morgan fingerprint density at radius 3 is 2.81 bits per heavy atom. The molecule has 0 aromatic carbocycles. The van der Waals surface area contributed by atoms with Gasteiger partial charge in [0, 0.05) is 42.1 Å². The van der Waals surface area contributed by atoms with E-state index in [4.69, 9.17) is 17.0 Å². The molecule has 0 radical (unpaired) electrons. The molecule has 0 spiro atoms. The van der Waals surface area contributed by atoms with Gasteiger partial charge in [-0.15, -0.1) is 11.3 Å². The molecular formula is C22H25N5O2S2. The second-order valence-corrected chi connectivity index (χ2v) is 8.74. The van der Waals surface area contributed by atoms with E-state index in [2.05, 4.69) is 44.7 Å². The van der Waals surface area contributed by atoms with Gasteiger partial charge in [-0.3, -0.25) is 14.3 Å². The molecule has 3 aromatic heterocycles. The first kappa shape index (κ1) is 21.5. The Morgan fingerprint density at radius 2 is 2.13 bits per heavy atom. The van der Waals surface area contributed by atoms with Gasteiger partial charge in [-0.2, -0.15) is 0 Å². The van der Waals surface area contributed by atoms with Gasteiger partial charge in [-0.25, -0.2) is 4.98 Å². The highest BCUT2D eigenvalue weighted by Crippen LogP contribution is 2.41. The highest BCUT2D eigenvalue weighted by atomic mass is 32.1. The summed E-state index contributed by atoms with van der Waals surface area (Å²) in [4.78, 5) is 22.9. The molecule has 0 amide bonds. The van der Waals surface area contributed by atoms with Crippen molar-refractivity contribution in [2.75, 3.05) is 13.7 Å². The van der Waals surface area contributed by atoms with Gasteiger partial charge in [0.1, 0.15) is 0 Å². The molecule has 0 unspecified atom stereocenters. The summed E-state index contributed by atoms with van der Waals surface area (Å²) >= 11 is 7.33. The zero-order chi connectivity index (χ0) is 22.0. The lowest BCUT2D eigenvalue weighted by Gasteiger charge is -2.28. The summed E-state index contributed by atoms with van der Waals surface area (Å²) in [5.74, 6) is -0.210. The van der Waals surface area contributed by atoms with Crippen LogP contribution in [0.5, 0.6) is 0 Å². The molecule has 1 saturated heterocycles. The maximum Gasteiger partial charge on any atom is 0.305 e. The molecule has 0 aliphatic carbocycles. The van der Waals surface area contributed by atoms with Crippen LogP contribution in [-0.2, 0) is 9.53 Å². The highest BCUT2D eigenvalue weighted by molar-refractivity contribution is 7.80. The predicted molar refractivity (Wildman–Crippen MR) is 124 cm³/mol. The lowest BCUT2D eigenvalue weighted by atomic mass is 9.96. The minimum absolute atomic E-state index is 0.0417. The molecule has 3 aromatic rings. The first-order valence-electron chi connectivity index (χ1n) is 10.1. The van der Waals surface area contributed by atoms with Crippen molar-refractivity contribution in [1.29, 1.82) is 0 Å². The summed E-state index contributed by atoms with van der Waals surface area (Å²) in [6.07, 6.45) is 4.64. The van der Waals surface area contributed by atoms with Gasteiger partial charge in [0.2, 0.25) is 0 Å². The SMILES string of the molecule is COC(=O)CCCN1C(=S)N[C@H](c2ccccn2)[C@@H]1c1cc(C)n(-c2nccs2)c1C. The van der Waals surface area contributed by atoms with Gasteiger partial charge < -0.3 is 15.0 Å². The second kappa shape index (κ2) is 9.15. The number of aryl methyl sites for hydroxylation is 1. The summed E-state index contributed by atoms with van der Waals surface area (Å²) in [6.45, 7) is 4.86. The van der Waals surface area contributed by atoms with E-state index in [1.54, 1.807) is 17.5 Å². The number of thiocarbonyl (C=S) groups is 1. The molecule has 2 atom stereocenters. The zero-order valence-electron chi connectivity index (χ0n) is 17.7. The normalized spacial score (nSPS) is 18.3. The third-order valence-electron chi connectivity index (χ3n) is 5.60. The molecule has 1 fully saturated rings. The number of carbonyl (C=O) groups is 1. The zero-order valence-corrected chi connectivity index (χ0v) is 19.4. The Bertz CT molecular complexity index is 1070. The van der Waals surface area contributed by atoms with E-state index in [9.17, 15) is 4.79 Å². The van der Waals surface area contributed by atoms with Crippen LogP contribution in [0, 0.1) is 13.8 Å². The fraction of sp³-hybridized carbons (Fsp3) is 0.364. The minimum atomic E-state index is -0.210. The average molecular weight is 456 g/mol. The number of ether oxygens (including phenoxy) is 1. The van der Waals surface area contributed by atoms with Crippen LogP contribution in [-0.4, -0.2) is 44.2 Å². The van der Waals surface area contributed by atoms with E-state index < -0.39 is 0 Å². The van der Waals surface area contributed by atoms with Crippen molar-refractivity contribution < 1.29 is 9.53 Å². The van der Waals surface area contributed by atoms with Crippen LogP contribution < -0.4 is 5.32 Å². The Balaban J connectivity index is 1.73. The van der Waals surface area contributed by atoms with Gasteiger partial charge in [0.05, 0.1) is 24.9 Å². The van der Waals surface area contributed by atoms with Crippen LogP contribution in [0.1, 0.15) is 47.6 Å². The van der Waals surface area contributed by atoms with Crippen molar-refractivity contribution in [2.24, 2.45) is 0 Å². The highest BCUT2D eigenvalue weighted by Gasteiger charge is 2.41. The predicted octanol–water partition coefficient (Wildman–Crippen LogP) is 3.87. The summed E-state index contributed by atoms with van der Waals surface area (Å²) < 4.78 is 6.98. The number of methoxy groups -OCH3 is 1. The fourth-order valence-corrected chi connectivity index (χ4v) is 5.27. The number of thiazole rings is 1. The van der Waals surface area contributed by atoms with Gasteiger partial charge in [0.15, 0.2) is 10.2 Å². The van der Waals surface area contributed by atoms with Crippen molar-refractivity contribution in [3.8, 4) is 5.13 Å². The number of rotatable bonds is 7. The maximum absolute atomic E-state index is 11.6. The molecule has 4 heterocycles. The maximum atomic E-state index is 11.6. The minimum Gasteiger partial charge on any atom is -0.469 e. The number of hydrogen-bond donors (Lipinski definition) is 1. The van der Waals surface area contributed by atoms with Crippen LogP contribution >= 0.6 is 23.6 Å². The molecule has 31 heavy (non-hydrogen) atoms. The van der Waals surface area contributed by atoms with Crippen molar-refractivity contribution in [1.82, 2.24) is 24.8 Å². The monoisotopic (exact) mass is 455 g/mol. The number of nitrogens with one attached hydrogen (secondary N) is 1. The summed E-state index contributed by atoms with van der Waals surface area (Å²) in [6, 6.07) is 8.00. The van der Waals surface area contributed by atoms with Crippen LogP contribution in [0.4, 0.5) is 0 Å². The Kier molecular flexibility index (Phi) is 6.33. The largest absolute Gasteiger partial charge is 0.469 e. The summed E-state index contributed by atoms with van der Waals surface area (Å²) in [5.41, 5.74) is 4.36. The van der Waals surface area contributed by atoms with Crippen molar-refractivity contribution in [3.63, 3.8) is 0 Å². The molecule has 7 nitrogen and oxygen atoms in total. The smallest absolute Gasteiger partial charge is 0.305 e. The van der Waals surface area contributed by atoms with Crippen molar-refractivity contribution >= 4 is 34.6 Å². The lowest BCUT2D eigenvalue weighted by Crippen LogP contribution is -2.31. The van der Waals surface area contributed by atoms with Crippen LogP contribution in [0.25, 0.3) is 5.13 Å². The number of esters is 1. The number of carbonyl (C=O) groups excluding carboxylic acids is 1. The third kappa shape index (κ3) is 4.20. The number of hydrogen-bond acceptors (Lipinski definition) is 6. The van der Waals surface area contributed by atoms with E-state index in [1.807, 2.05) is 29.8 Å².